The summed E-state index contributed by atoms with van der Waals surface area (Å²) < 4.78 is 20.8. The first-order valence-electron chi connectivity index (χ1n) is 8.18. The molecule has 128 valence electrons. The third kappa shape index (κ3) is 3.25. The molecule has 0 radical (unpaired) electrons. The summed E-state index contributed by atoms with van der Waals surface area (Å²) in [7, 11) is 1.93. The van der Waals surface area contributed by atoms with E-state index >= 15 is 0 Å². The second kappa shape index (κ2) is 6.10. The van der Waals surface area contributed by atoms with E-state index in [0.29, 0.717) is 12.6 Å². The van der Waals surface area contributed by atoms with Gasteiger partial charge in [-0.1, -0.05) is 0 Å². The van der Waals surface area contributed by atoms with Crippen molar-refractivity contribution in [3.63, 3.8) is 0 Å². The fraction of sp³-hybridized carbons (Fsp3) is 0.562. The molecule has 8 heteroatoms. The van der Waals surface area contributed by atoms with Crippen molar-refractivity contribution in [1.82, 2.24) is 24.6 Å². The maximum absolute atomic E-state index is 12.9. The van der Waals surface area contributed by atoms with Crippen LogP contribution in [0.5, 0.6) is 0 Å². The van der Waals surface area contributed by atoms with Gasteiger partial charge in [0.25, 0.3) is 0 Å². The van der Waals surface area contributed by atoms with E-state index in [1.54, 1.807) is 0 Å². The number of hydrogen-bond donors (Lipinski definition) is 1. The Balaban J connectivity index is 1.33. The highest BCUT2D eigenvalue weighted by molar-refractivity contribution is 5.26. The van der Waals surface area contributed by atoms with E-state index in [1.165, 1.54) is 18.0 Å². The number of rotatable bonds is 4. The zero-order valence-electron chi connectivity index (χ0n) is 13.7. The minimum absolute atomic E-state index is 0.0973. The maximum atomic E-state index is 12.9. The van der Waals surface area contributed by atoms with E-state index in [4.69, 9.17) is 4.74 Å². The van der Waals surface area contributed by atoms with Gasteiger partial charge in [-0.3, -0.25) is 9.58 Å². The molecule has 0 saturated carbocycles. The summed E-state index contributed by atoms with van der Waals surface area (Å²) in [6.07, 6.45) is 8.25. The van der Waals surface area contributed by atoms with Crippen LogP contribution in [0.25, 0.3) is 0 Å². The van der Waals surface area contributed by atoms with E-state index in [1.807, 2.05) is 17.9 Å². The van der Waals surface area contributed by atoms with E-state index in [2.05, 4.69) is 31.5 Å². The number of aryl methyl sites for hydroxylation is 1. The first-order valence-corrected chi connectivity index (χ1v) is 8.18. The van der Waals surface area contributed by atoms with Crippen LogP contribution in [0, 0.1) is 5.82 Å². The number of nitrogens with one attached hydrogen (secondary N) is 1. The molecule has 0 unspecified atom stereocenters. The Hall–Kier alpha value is -2.06. The Bertz CT molecular complexity index is 705. The average Bonchev–Trinajstić information content (AvgIpc) is 3.25. The molecule has 2 aromatic heterocycles. The first-order chi connectivity index (χ1) is 11.6. The molecule has 1 spiro atoms. The topological polar surface area (TPSA) is 68.1 Å². The molecule has 0 bridgehead atoms. The predicted molar refractivity (Wildman–Crippen MR) is 85.8 cm³/mol. The molecule has 1 N–H and O–H groups in total. The van der Waals surface area contributed by atoms with Crippen LogP contribution in [0.2, 0.25) is 0 Å². The fourth-order valence-electron chi connectivity index (χ4n) is 3.66. The fourth-order valence-corrected chi connectivity index (χ4v) is 3.66. The number of ether oxygens (including phenoxy) is 1. The van der Waals surface area contributed by atoms with Gasteiger partial charge in [0.05, 0.1) is 36.8 Å². The summed E-state index contributed by atoms with van der Waals surface area (Å²) in [5.41, 5.74) is 1.13. The van der Waals surface area contributed by atoms with E-state index in [0.717, 1.165) is 32.5 Å². The molecular weight excluding hydrogens is 311 g/mol. The van der Waals surface area contributed by atoms with Crippen LogP contribution in [-0.4, -0.2) is 56.0 Å². The Labute approximate surface area is 139 Å². The van der Waals surface area contributed by atoms with Crippen molar-refractivity contribution in [2.75, 3.05) is 25.0 Å². The number of anilines is 1. The van der Waals surface area contributed by atoms with Gasteiger partial charge in [0.1, 0.15) is 0 Å². The van der Waals surface area contributed by atoms with Crippen molar-refractivity contribution in [2.45, 2.75) is 31.0 Å². The number of hydrogen-bond acceptors (Lipinski definition) is 6. The standard InChI is InChI=1S/C16H21FN6O/c1-22-8-12(5-20-22)9-23-3-2-16(11-23)4-14(10-24-16)21-15-18-6-13(17)7-19-15/h5-8,14H,2-4,9-11H2,1H3,(H,18,19,21)/t14-,16+/m0/s1. The number of aromatic nitrogens is 4. The molecule has 2 aromatic rings. The van der Waals surface area contributed by atoms with Crippen LogP contribution in [0.1, 0.15) is 18.4 Å². The van der Waals surface area contributed by atoms with E-state index in [-0.39, 0.29) is 11.6 Å². The molecule has 2 aliphatic rings. The van der Waals surface area contributed by atoms with Gasteiger partial charge in [0.15, 0.2) is 5.82 Å². The SMILES string of the molecule is Cn1cc(CN2CC[C@@]3(C[C@H](Nc4ncc(F)cn4)CO3)C2)cn1. The third-order valence-electron chi connectivity index (χ3n) is 4.72. The first kappa shape index (κ1) is 15.5. The largest absolute Gasteiger partial charge is 0.371 e. The van der Waals surface area contributed by atoms with Crippen LogP contribution in [0.4, 0.5) is 10.3 Å². The summed E-state index contributed by atoms with van der Waals surface area (Å²) in [6.45, 7) is 3.47. The van der Waals surface area contributed by atoms with Crippen LogP contribution < -0.4 is 5.32 Å². The van der Waals surface area contributed by atoms with Crippen molar-refractivity contribution in [2.24, 2.45) is 7.05 Å². The quantitative estimate of drug-likeness (QED) is 0.907. The molecule has 7 nitrogen and oxygen atoms in total. The molecule has 4 rings (SSSR count). The average molecular weight is 332 g/mol. The summed E-state index contributed by atoms with van der Waals surface area (Å²) in [5.74, 6) is 0.0220. The van der Waals surface area contributed by atoms with Crippen LogP contribution in [-0.2, 0) is 18.3 Å². The molecule has 2 atom stereocenters. The molecule has 0 amide bonds. The van der Waals surface area contributed by atoms with Crippen molar-refractivity contribution in [1.29, 1.82) is 0 Å². The van der Waals surface area contributed by atoms with Gasteiger partial charge in [-0.15, -0.1) is 0 Å². The van der Waals surface area contributed by atoms with Crippen LogP contribution >= 0.6 is 0 Å². The Morgan fingerprint density at radius 1 is 1.38 bits per heavy atom. The highest BCUT2D eigenvalue weighted by Gasteiger charge is 2.45. The summed E-state index contributed by atoms with van der Waals surface area (Å²) in [5, 5.41) is 7.46. The Morgan fingerprint density at radius 3 is 2.96 bits per heavy atom. The van der Waals surface area contributed by atoms with Crippen molar-refractivity contribution in [3.05, 3.63) is 36.2 Å². The van der Waals surface area contributed by atoms with Gasteiger partial charge >= 0.3 is 0 Å². The minimum Gasteiger partial charge on any atom is -0.371 e. The Kier molecular flexibility index (Phi) is 3.93. The second-order valence-corrected chi connectivity index (χ2v) is 6.75. The van der Waals surface area contributed by atoms with Crippen LogP contribution in [0.3, 0.4) is 0 Å². The van der Waals surface area contributed by atoms with Gasteiger partial charge in [0, 0.05) is 44.9 Å². The number of likely N-dealkylation sites (tertiary alicyclic amines) is 1. The Morgan fingerprint density at radius 2 is 2.21 bits per heavy atom. The molecule has 2 aliphatic heterocycles. The predicted octanol–water partition coefficient (Wildman–Crippen LogP) is 1.19. The zero-order chi connectivity index (χ0) is 16.6. The van der Waals surface area contributed by atoms with Gasteiger partial charge in [-0.05, 0) is 6.42 Å². The lowest BCUT2D eigenvalue weighted by Crippen LogP contribution is -2.33. The highest BCUT2D eigenvalue weighted by Crippen LogP contribution is 2.36. The smallest absolute Gasteiger partial charge is 0.223 e. The van der Waals surface area contributed by atoms with Crippen molar-refractivity contribution < 1.29 is 9.13 Å². The molecule has 24 heavy (non-hydrogen) atoms. The maximum Gasteiger partial charge on any atom is 0.223 e. The van der Waals surface area contributed by atoms with Crippen LogP contribution in [0.15, 0.2) is 24.8 Å². The number of halogens is 1. The van der Waals surface area contributed by atoms with E-state index < -0.39 is 5.82 Å². The number of nitrogens with zero attached hydrogens (tertiary/aromatic N) is 5. The molecule has 4 heterocycles. The third-order valence-corrected chi connectivity index (χ3v) is 4.72. The highest BCUT2D eigenvalue weighted by atomic mass is 19.1. The monoisotopic (exact) mass is 332 g/mol. The van der Waals surface area contributed by atoms with Crippen molar-refractivity contribution >= 4 is 5.95 Å². The van der Waals surface area contributed by atoms with Crippen molar-refractivity contribution in [3.8, 4) is 0 Å². The molecule has 2 fully saturated rings. The van der Waals surface area contributed by atoms with Gasteiger partial charge in [0.2, 0.25) is 5.95 Å². The second-order valence-electron chi connectivity index (χ2n) is 6.75. The lowest BCUT2D eigenvalue weighted by molar-refractivity contribution is 0.0120. The summed E-state index contributed by atoms with van der Waals surface area (Å²) >= 11 is 0. The molecule has 2 saturated heterocycles. The van der Waals surface area contributed by atoms with E-state index in [9.17, 15) is 4.39 Å². The zero-order valence-corrected chi connectivity index (χ0v) is 13.7. The summed E-state index contributed by atoms with van der Waals surface area (Å²) in [4.78, 5) is 10.3. The normalized spacial score (nSPS) is 27.2. The lowest BCUT2D eigenvalue weighted by Gasteiger charge is -2.23. The van der Waals surface area contributed by atoms with Gasteiger partial charge in [-0.25, -0.2) is 14.4 Å². The minimum atomic E-state index is -0.429. The molecule has 0 aliphatic carbocycles. The van der Waals surface area contributed by atoms with Gasteiger partial charge in [-0.2, -0.15) is 5.10 Å². The molecular formula is C16H21FN6O. The molecule has 0 aromatic carbocycles. The summed E-state index contributed by atoms with van der Waals surface area (Å²) in [6, 6.07) is 0.161. The lowest BCUT2D eigenvalue weighted by atomic mass is 9.97. The van der Waals surface area contributed by atoms with Gasteiger partial charge < -0.3 is 10.1 Å².